The van der Waals surface area contributed by atoms with Crippen LogP contribution in [0.4, 0.5) is 5.82 Å². The summed E-state index contributed by atoms with van der Waals surface area (Å²) in [4.78, 5) is 8.37. The molecule has 0 atom stereocenters. The number of benzene rings is 1. The quantitative estimate of drug-likeness (QED) is 0.645. The highest BCUT2D eigenvalue weighted by Crippen LogP contribution is 2.28. The lowest BCUT2D eigenvalue weighted by molar-refractivity contribution is 0.790. The molecule has 0 fully saturated rings. The Bertz CT molecular complexity index is 750. The summed E-state index contributed by atoms with van der Waals surface area (Å²) >= 11 is 5.32. The molecule has 3 nitrogen and oxygen atoms in total. The number of anilines is 1. The second kappa shape index (κ2) is 5.46. The van der Waals surface area contributed by atoms with Gasteiger partial charge in [0.2, 0.25) is 0 Å². The monoisotopic (exact) mass is 361 g/mol. The fraction of sp³-hybridized carbons (Fsp3) is 0.312. The van der Waals surface area contributed by atoms with Gasteiger partial charge in [-0.3, -0.25) is 4.40 Å². The van der Waals surface area contributed by atoms with Crippen LogP contribution < -0.4 is 4.90 Å². The molecule has 0 N–H and O–H groups in total. The van der Waals surface area contributed by atoms with Crippen molar-refractivity contribution in [2.24, 2.45) is 0 Å². The molecule has 0 aliphatic carbocycles. The molecule has 0 unspecified atom stereocenters. The Morgan fingerprint density at radius 3 is 2.52 bits per heavy atom. The molecule has 21 heavy (non-hydrogen) atoms. The molecule has 0 spiro atoms. The van der Waals surface area contributed by atoms with E-state index in [2.05, 4.69) is 61.1 Å². The summed E-state index contributed by atoms with van der Waals surface area (Å²) in [7, 11) is 0. The molecule has 3 aromatic rings. The standard InChI is InChI=1S/C16H16BrN3S/c17-11-14-15(18-16-20(14)9-10-21-16)19-7-5-12-3-1-2-4-13(12)6-8-19/h1-4,9-10H,5-8,11H2. The predicted molar refractivity (Wildman–Crippen MR) is 91.8 cm³/mol. The van der Waals surface area contributed by atoms with Crippen molar-refractivity contribution in [1.82, 2.24) is 9.38 Å². The minimum Gasteiger partial charge on any atom is -0.354 e. The number of nitrogens with zero attached hydrogens (tertiary/aromatic N) is 3. The minimum atomic E-state index is 0.837. The van der Waals surface area contributed by atoms with Crippen LogP contribution >= 0.6 is 27.3 Å². The summed E-state index contributed by atoms with van der Waals surface area (Å²) in [6.07, 6.45) is 4.31. The van der Waals surface area contributed by atoms with Gasteiger partial charge in [-0.2, -0.15) is 0 Å². The number of hydrogen-bond donors (Lipinski definition) is 0. The van der Waals surface area contributed by atoms with Crippen LogP contribution in [0, 0.1) is 0 Å². The van der Waals surface area contributed by atoms with Gasteiger partial charge in [0.1, 0.15) is 0 Å². The van der Waals surface area contributed by atoms with E-state index in [-0.39, 0.29) is 0 Å². The molecule has 1 aromatic carbocycles. The van der Waals surface area contributed by atoms with Gasteiger partial charge in [-0.15, -0.1) is 11.3 Å². The fourth-order valence-electron chi connectivity index (χ4n) is 3.08. The number of hydrogen-bond acceptors (Lipinski definition) is 3. The van der Waals surface area contributed by atoms with Gasteiger partial charge in [0.15, 0.2) is 10.8 Å². The highest BCUT2D eigenvalue weighted by molar-refractivity contribution is 9.08. The first-order valence-corrected chi connectivity index (χ1v) is 9.19. The van der Waals surface area contributed by atoms with Crippen LogP contribution in [-0.2, 0) is 18.2 Å². The first-order chi connectivity index (χ1) is 10.4. The molecule has 1 aliphatic heterocycles. The topological polar surface area (TPSA) is 20.5 Å². The van der Waals surface area contributed by atoms with Crippen LogP contribution in [0.3, 0.4) is 0 Å². The number of imidazole rings is 1. The third kappa shape index (κ3) is 2.28. The van der Waals surface area contributed by atoms with Crippen LogP contribution in [0.1, 0.15) is 16.8 Å². The van der Waals surface area contributed by atoms with Gasteiger partial charge in [0, 0.05) is 30.0 Å². The van der Waals surface area contributed by atoms with E-state index in [0.29, 0.717) is 0 Å². The van der Waals surface area contributed by atoms with E-state index < -0.39 is 0 Å². The summed E-state index contributed by atoms with van der Waals surface area (Å²) in [6, 6.07) is 8.81. The maximum absolute atomic E-state index is 4.85. The first kappa shape index (κ1) is 13.3. The summed E-state index contributed by atoms with van der Waals surface area (Å²) < 4.78 is 2.20. The molecule has 2 aromatic heterocycles. The second-order valence-corrected chi connectivity index (χ2v) is 6.76. The van der Waals surface area contributed by atoms with E-state index >= 15 is 0 Å². The van der Waals surface area contributed by atoms with E-state index in [9.17, 15) is 0 Å². The zero-order valence-electron chi connectivity index (χ0n) is 11.6. The van der Waals surface area contributed by atoms with Gasteiger partial charge in [-0.05, 0) is 24.0 Å². The van der Waals surface area contributed by atoms with Gasteiger partial charge in [-0.1, -0.05) is 40.2 Å². The highest BCUT2D eigenvalue weighted by Gasteiger charge is 2.20. The van der Waals surface area contributed by atoms with Gasteiger partial charge in [0.25, 0.3) is 0 Å². The zero-order valence-corrected chi connectivity index (χ0v) is 14.0. The predicted octanol–water partition coefficient (Wildman–Crippen LogP) is 3.90. The lowest BCUT2D eigenvalue weighted by atomic mass is 10.0. The Morgan fingerprint density at radius 1 is 1.14 bits per heavy atom. The van der Waals surface area contributed by atoms with Crippen LogP contribution in [0.2, 0.25) is 0 Å². The molecule has 0 bridgehead atoms. The van der Waals surface area contributed by atoms with Crippen molar-refractivity contribution < 1.29 is 0 Å². The molecule has 0 saturated carbocycles. The van der Waals surface area contributed by atoms with Crippen molar-refractivity contribution in [2.45, 2.75) is 18.2 Å². The lowest BCUT2D eigenvalue weighted by Gasteiger charge is -2.21. The van der Waals surface area contributed by atoms with E-state index in [0.717, 1.165) is 42.0 Å². The average molecular weight is 362 g/mol. The molecule has 3 heterocycles. The smallest absolute Gasteiger partial charge is 0.195 e. The number of alkyl halides is 1. The highest BCUT2D eigenvalue weighted by atomic mass is 79.9. The largest absolute Gasteiger partial charge is 0.354 e. The summed E-state index contributed by atoms with van der Waals surface area (Å²) in [5, 5.41) is 2.93. The van der Waals surface area contributed by atoms with Crippen LogP contribution in [0.25, 0.3) is 4.96 Å². The molecular formula is C16H16BrN3S. The van der Waals surface area contributed by atoms with Crippen LogP contribution in [-0.4, -0.2) is 22.5 Å². The van der Waals surface area contributed by atoms with E-state index in [1.54, 1.807) is 11.3 Å². The summed E-state index contributed by atoms with van der Waals surface area (Å²) in [5.41, 5.74) is 4.24. The normalized spacial score (nSPS) is 15.2. The zero-order chi connectivity index (χ0) is 14.2. The van der Waals surface area contributed by atoms with Crippen molar-refractivity contribution in [2.75, 3.05) is 18.0 Å². The maximum Gasteiger partial charge on any atom is 0.195 e. The van der Waals surface area contributed by atoms with E-state index in [4.69, 9.17) is 4.98 Å². The van der Waals surface area contributed by atoms with Gasteiger partial charge >= 0.3 is 0 Å². The molecule has 108 valence electrons. The van der Waals surface area contributed by atoms with Gasteiger partial charge in [0.05, 0.1) is 5.69 Å². The third-order valence-corrected chi connectivity index (χ3v) is 5.47. The van der Waals surface area contributed by atoms with Crippen molar-refractivity contribution in [3.05, 3.63) is 52.7 Å². The van der Waals surface area contributed by atoms with E-state index in [1.165, 1.54) is 16.8 Å². The molecular weight excluding hydrogens is 346 g/mol. The van der Waals surface area contributed by atoms with Gasteiger partial charge < -0.3 is 4.90 Å². The Labute approximate surface area is 136 Å². The lowest BCUT2D eigenvalue weighted by Crippen LogP contribution is -2.27. The number of thiazole rings is 1. The summed E-state index contributed by atoms with van der Waals surface area (Å²) in [5.74, 6) is 1.14. The molecule has 4 rings (SSSR count). The molecule has 0 amide bonds. The van der Waals surface area contributed by atoms with Gasteiger partial charge in [-0.25, -0.2) is 4.98 Å². The van der Waals surface area contributed by atoms with E-state index in [1.807, 2.05) is 0 Å². The average Bonchev–Trinajstić information content (AvgIpc) is 3.02. The Hall–Kier alpha value is -1.33. The Morgan fingerprint density at radius 2 is 1.86 bits per heavy atom. The Balaban J connectivity index is 1.69. The van der Waals surface area contributed by atoms with Crippen LogP contribution in [0.5, 0.6) is 0 Å². The molecule has 1 aliphatic rings. The molecule has 0 radical (unpaired) electrons. The SMILES string of the molecule is BrCc1c(N2CCc3ccccc3CC2)nc2sccn12. The minimum absolute atomic E-state index is 0.837. The van der Waals surface area contributed by atoms with Crippen molar-refractivity contribution in [1.29, 1.82) is 0 Å². The Kier molecular flexibility index (Phi) is 3.47. The number of halogens is 1. The van der Waals surface area contributed by atoms with Crippen molar-refractivity contribution >= 4 is 38.0 Å². The molecule has 0 saturated heterocycles. The maximum atomic E-state index is 4.85. The first-order valence-electron chi connectivity index (χ1n) is 7.19. The third-order valence-electron chi connectivity index (χ3n) is 4.19. The number of rotatable bonds is 2. The van der Waals surface area contributed by atoms with Crippen molar-refractivity contribution in [3.8, 4) is 0 Å². The van der Waals surface area contributed by atoms with Crippen molar-refractivity contribution in [3.63, 3.8) is 0 Å². The number of aromatic nitrogens is 2. The van der Waals surface area contributed by atoms with Crippen LogP contribution in [0.15, 0.2) is 35.8 Å². The second-order valence-electron chi connectivity index (χ2n) is 5.33. The fourth-order valence-corrected chi connectivity index (χ4v) is 4.33. The summed E-state index contributed by atoms with van der Waals surface area (Å²) in [6.45, 7) is 2.09. The molecule has 5 heteroatoms. The number of fused-ring (bicyclic) bond motifs is 2.